The molecule has 2 fully saturated rings. The van der Waals surface area contributed by atoms with Gasteiger partial charge in [-0.2, -0.15) is 0 Å². The van der Waals surface area contributed by atoms with Crippen molar-refractivity contribution in [2.45, 2.75) is 69.2 Å². The number of nitrogens with zero attached hydrogens (tertiary/aromatic N) is 3. The average molecular weight is 669 g/mol. The predicted molar refractivity (Wildman–Crippen MR) is 185 cm³/mol. The van der Waals surface area contributed by atoms with E-state index in [1.54, 1.807) is 14.7 Å². The number of carbonyl (C=O) groups excluding carboxylic acids is 3. The molecular weight excluding hydrogens is 625 g/mol. The number of anilines is 2. The van der Waals surface area contributed by atoms with Crippen LogP contribution in [0.3, 0.4) is 0 Å². The number of fused-ring (bicyclic) bond motifs is 3. The molecular formula is C37H44N4O6Si. The normalized spacial score (nSPS) is 27.1. The van der Waals surface area contributed by atoms with E-state index in [0.717, 1.165) is 16.7 Å². The van der Waals surface area contributed by atoms with Crippen LogP contribution >= 0.6 is 0 Å². The summed E-state index contributed by atoms with van der Waals surface area (Å²) in [5, 5.41) is 13.4. The van der Waals surface area contributed by atoms with Crippen LogP contribution in [0.5, 0.6) is 0 Å². The van der Waals surface area contributed by atoms with Gasteiger partial charge in [-0.25, -0.2) is 0 Å². The maximum absolute atomic E-state index is 14.9. The summed E-state index contributed by atoms with van der Waals surface area (Å²) in [7, 11) is -3.04. The SMILES string of the molecule is C[C@@H]1[C@@H]([Si](C)(C)O)[C@H](CC(=O)N2Cc3ccccc3C[C@H]2CO)O[C@@]12C(=O)N(Cc1ccccc1)c1ccc(N3CCNCC3=O)cc12. The lowest BCUT2D eigenvalue weighted by Crippen LogP contribution is -2.48. The number of aliphatic hydroxyl groups is 1. The first kappa shape index (κ1) is 32.7. The lowest BCUT2D eigenvalue weighted by atomic mass is 9.82. The van der Waals surface area contributed by atoms with Gasteiger partial charge >= 0.3 is 0 Å². The Morgan fingerprint density at radius 2 is 1.77 bits per heavy atom. The van der Waals surface area contributed by atoms with Crippen LogP contribution in [0, 0.1) is 5.92 Å². The Balaban J connectivity index is 1.28. The van der Waals surface area contributed by atoms with Gasteiger partial charge in [-0.05, 0) is 54.4 Å². The number of benzene rings is 3. The minimum atomic E-state index is -3.04. The molecule has 4 aliphatic heterocycles. The summed E-state index contributed by atoms with van der Waals surface area (Å²) in [6, 6.07) is 23.1. The number of rotatable bonds is 7. The molecule has 3 amide bonds. The summed E-state index contributed by atoms with van der Waals surface area (Å²) in [6.07, 6.45) is -0.195. The van der Waals surface area contributed by atoms with Crippen LogP contribution in [0.4, 0.5) is 11.4 Å². The fourth-order valence-corrected chi connectivity index (χ4v) is 11.1. The van der Waals surface area contributed by atoms with E-state index in [4.69, 9.17) is 4.74 Å². The average Bonchev–Trinajstić information content (AvgIpc) is 3.50. The number of hydrogen-bond donors (Lipinski definition) is 3. The van der Waals surface area contributed by atoms with Crippen molar-refractivity contribution in [3.8, 4) is 0 Å². The molecule has 5 atom stereocenters. The molecule has 48 heavy (non-hydrogen) atoms. The third kappa shape index (κ3) is 5.47. The van der Waals surface area contributed by atoms with E-state index in [-0.39, 0.29) is 43.3 Å². The highest BCUT2D eigenvalue weighted by Gasteiger charge is 2.66. The Hall–Kier alpha value is -3.87. The highest BCUT2D eigenvalue weighted by molar-refractivity contribution is 6.71. The second-order valence-electron chi connectivity index (χ2n) is 14.2. The Bertz CT molecular complexity index is 1730. The molecule has 10 nitrogen and oxygen atoms in total. The molecule has 7 rings (SSSR count). The standard InChI is InChI=1S/C37H44N4O6Si/c1-24-35(48(2,3)46)32(19-33(43)40-22-27-12-8-7-11-26(27)17-29(40)23-42)47-37(24)30-18-28(39-16-15-38-20-34(39)44)13-14-31(30)41(36(37)45)21-25-9-5-4-6-10-25/h4-14,18,24,29,32,35,38,42,46H,15-17,19-23H2,1-3H3/t24-,29+,32+,35-,37+/m1/s1. The van der Waals surface area contributed by atoms with Gasteiger partial charge in [0.2, 0.25) is 11.8 Å². The van der Waals surface area contributed by atoms with Gasteiger partial charge in [0.25, 0.3) is 5.91 Å². The minimum absolute atomic E-state index is 0.0241. The van der Waals surface area contributed by atoms with E-state index in [1.165, 1.54) is 0 Å². The van der Waals surface area contributed by atoms with Crippen molar-refractivity contribution in [2.24, 2.45) is 5.92 Å². The molecule has 3 aromatic rings. The molecule has 1 spiro atoms. The smallest absolute Gasteiger partial charge is 0.264 e. The van der Waals surface area contributed by atoms with Crippen molar-refractivity contribution in [3.63, 3.8) is 0 Å². The summed E-state index contributed by atoms with van der Waals surface area (Å²) in [5.41, 5.74) is 3.30. The van der Waals surface area contributed by atoms with E-state index < -0.39 is 31.5 Å². The number of hydrogen-bond acceptors (Lipinski definition) is 7. The van der Waals surface area contributed by atoms with Crippen molar-refractivity contribution >= 4 is 37.4 Å². The molecule has 4 aliphatic rings. The quantitative estimate of drug-likeness (QED) is 0.331. The first-order valence-electron chi connectivity index (χ1n) is 16.9. The number of nitrogens with one attached hydrogen (secondary N) is 1. The molecule has 4 heterocycles. The Kier molecular flexibility index (Phi) is 8.53. The van der Waals surface area contributed by atoms with Gasteiger partial charge in [0.1, 0.15) is 0 Å². The second kappa shape index (κ2) is 12.5. The monoisotopic (exact) mass is 668 g/mol. The Morgan fingerprint density at radius 1 is 1.04 bits per heavy atom. The zero-order valence-corrected chi connectivity index (χ0v) is 28.8. The van der Waals surface area contributed by atoms with Crippen LogP contribution in [0.25, 0.3) is 0 Å². The topological polar surface area (TPSA) is 123 Å². The number of ether oxygens (including phenoxy) is 1. The molecule has 2 saturated heterocycles. The van der Waals surface area contributed by atoms with Gasteiger partial charge in [0.05, 0.1) is 44.0 Å². The molecule has 0 bridgehead atoms. The Labute approximate surface area is 282 Å². The fraction of sp³-hybridized carbons (Fsp3) is 0.432. The van der Waals surface area contributed by atoms with E-state index in [2.05, 4.69) is 5.32 Å². The first-order valence-corrected chi connectivity index (χ1v) is 19.9. The van der Waals surface area contributed by atoms with Gasteiger partial charge in [0.15, 0.2) is 13.9 Å². The van der Waals surface area contributed by atoms with Crippen LogP contribution in [0.1, 0.15) is 35.6 Å². The van der Waals surface area contributed by atoms with Crippen molar-refractivity contribution < 1.29 is 29.0 Å². The molecule has 0 unspecified atom stereocenters. The second-order valence-corrected chi connectivity index (χ2v) is 18.2. The zero-order chi connectivity index (χ0) is 33.8. The van der Waals surface area contributed by atoms with Crippen LogP contribution in [0.2, 0.25) is 18.6 Å². The molecule has 3 N–H and O–H groups in total. The third-order valence-corrected chi connectivity index (χ3v) is 13.3. The van der Waals surface area contributed by atoms with Crippen molar-refractivity contribution in [1.82, 2.24) is 10.2 Å². The van der Waals surface area contributed by atoms with E-state index in [9.17, 15) is 24.3 Å². The molecule has 0 aromatic heterocycles. The molecule has 0 radical (unpaired) electrons. The lowest BCUT2D eigenvalue weighted by Gasteiger charge is -2.37. The van der Waals surface area contributed by atoms with E-state index in [1.807, 2.05) is 92.8 Å². The van der Waals surface area contributed by atoms with Crippen LogP contribution in [-0.4, -0.2) is 79.2 Å². The summed E-state index contributed by atoms with van der Waals surface area (Å²) in [6.45, 7) is 7.60. The molecule has 3 aromatic carbocycles. The van der Waals surface area contributed by atoms with Crippen LogP contribution < -0.4 is 15.1 Å². The molecule has 11 heteroatoms. The van der Waals surface area contributed by atoms with E-state index in [0.29, 0.717) is 49.5 Å². The Morgan fingerprint density at radius 3 is 2.48 bits per heavy atom. The largest absolute Gasteiger partial charge is 0.432 e. The highest BCUT2D eigenvalue weighted by atomic mass is 28.4. The van der Waals surface area contributed by atoms with Crippen molar-refractivity contribution in [1.29, 1.82) is 0 Å². The van der Waals surface area contributed by atoms with Gasteiger partial charge < -0.3 is 34.7 Å². The molecule has 0 saturated carbocycles. The summed E-state index contributed by atoms with van der Waals surface area (Å²) in [5.74, 6) is -0.907. The number of amides is 3. The van der Waals surface area contributed by atoms with Gasteiger partial charge in [0, 0.05) is 42.3 Å². The predicted octanol–water partition coefficient (Wildman–Crippen LogP) is 3.30. The van der Waals surface area contributed by atoms with Gasteiger partial charge in [-0.15, -0.1) is 0 Å². The lowest BCUT2D eigenvalue weighted by molar-refractivity contribution is -0.151. The first-order chi connectivity index (χ1) is 23.0. The van der Waals surface area contributed by atoms with Crippen LogP contribution in [0.15, 0.2) is 72.8 Å². The molecule has 0 aliphatic carbocycles. The van der Waals surface area contributed by atoms with Crippen molar-refractivity contribution in [2.75, 3.05) is 36.0 Å². The van der Waals surface area contributed by atoms with Gasteiger partial charge in [-0.1, -0.05) is 61.5 Å². The summed E-state index contributed by atoms with van der Waals surface area (Å²) in [4.78, 5) is 59.0. The number of aliphatic hydroxyl groups excluding tert-OH is 1. The maximum Gasteiger partial charge on any atom is 0.264 e. The highest BCUT2D eigenvalue weighted by Crippen LogP contribution is 2.60. The third-order valence-electron chi connectivity index (χ3n) is 10.8. The zero-order valence-electron chi connectivity index (χ0n) is 27.8. The maximum atomic E-state index is 14.9. The number of piperazine rings is 1. The summed E-state index contributed by atoms with van der Waals surface area (Å²) >= 11 is 0. The molecule has 252 valence electrons. The van der Waals surface area contributed by atoms with Crippen molar-refractivity contribution in [3.05, 3.63) is 95.1 Å². The summed E-state index contributed by atoms with van der Waals surface area (Å²) < 4.78 is 6.99. The van der Waals surface area contributed by atoms with Crippen LogP contribution in [-0.2, 0) is 44.2 Å². The minimum Gasteiger partial charge on any atom is -0.432 e. The van der Waals surface area contributed by atoms with E-state index >= 15 is 0 Å². The van der Waals surface area contributed by atoms with Gasteiger partial charge in [-0.3, -0.25) is 14.4 Å². The fourth-order valence-electron chi connectivity index (χ4n) is 8.57. The number of carbonyl (C=O) groups is 3.